The number of ether oxygens (including phenoxy) is 1. The summed E-state index contributed by atoms with van der Waals surface area (Å²) in [5, 5.41) is 10.5. The molecule has 24 heavy (non-hydrogen) atoms. The highest BCUT2D eigenvalue weighted by Gasteiger charge is 2.37. The van der Waals surface area contributed by atoms with Crippen LogP contribution < -0.4 is 4.74 Å². The lowest BCUT2D eigenvalue weighted by molar-refractivity contribution is 0.0117. The third-order valence-corrected chi connectivity index (χ3v) is 9.94. The Morgan fingerprint density at radius 3 is 2.25 bits per heavy atom. The van der Waals surface area contributed by atoms with Crippen molar-refractivity contribution in [1.82, 2.24) is 0 Å². The molecule has 0 amide bonds. The largest absolute Gasteiger partial charge is 0.493 e. The Kier molecular flexibility index (Phi) is 7.51. The van der Waals surface area contributed by atoms with Gasteiger partial charge in [-0.3, -0.25) is 0 Å². The monoisotopic (exact) mass is 352 g/mol. The van der Waals surface area contributed by atoms with Crippen LogP contribution in [0.5, 0.6) is 5.75 Å². The summed E-state index contributed by atoms with van der Waals surface area (Å²) in [6.45, 7) is 16.5. The first kappa shape index (κ1) is 21.2. The zero-order valence-corrected chi connectivity index (χ0v) is 17.6. The molecule has 138 valence electrons. The van der Waals surface area contributed by atoms with E-state index in [0.29, 0.717) is 19.6 Å². The lowest BCUT2D eigenvalue weighted by atomic mass is 9.94. The van der Waals surface area contributed by atoms with Crippen LogP contribution in [0.4, 0.5) is 0 Å². The van der Waals surface area contributed by atoms with Crippen molar-refractivity contribution in [2.24, 2.45) is 0 Å². The molecule has 0 aliphatic heterocycles. The Balaban J connectivity index is 2.58. The maximum atomic E-state index is 10.3. The van der Waals surface area contributed by atoms with Crippen LogP contribution in [-0.4, -0.2) is 25.6 Å². The van der Waals surface area contributed by atoms with E-state index in [-0.39, 0.29) is 5.04 Å². The molecule has 1 aromatic carbocycles. The summed E-state index contributed by atoms with van der Waals surface area (Å²) < 4.78 is 12.1. The highest BCUT2D eigenvalue weighted by atomic mass is 28.4. The van der Waals surface area contributed by atoms with Gasteiger partial charge in [-0.05, 0) is 48.7 Å². The van der Waals surface area contributed by atoms with E-state index in [0.717, 1.165) is 24.2 Å². The van der Waals surface area contributed by atoms with Gasteiger partial charge in [-0.25, -0.2) is 0 Å². The molecule has 0 saturated carbocycles. The summed E-state index contributed by atoms with van der Waals surface area (Å²) in [6, 6.07) is 8.09. The Morgan fingerprint density at radius 2 is 1.71 bits per heavy atom. The van der Waals surface area contributed by atoms with Gasteiger partial charge in [0.15, 0.2) is 8.32 Å². The molecule has 0 atom stereocenters. The Labute approximate surface area is 149 Å². The van der Waals surface area contributed by atoms with Crippen molar-refractivity contribution in [3.8, 4) is 5.75 Å². The van der Waals surface area contributed by atoms with Gasteiger partial charge in [-0.15, -0.1) is 0 Å². The molecular formula is C20H36O3Si. The second-order valence-corrected chi connectivity index (χ2v) is 13.0. The summed E-state index contributed by atoms with van der Waals surface area (Å²) >= 11 is 0. The maximum Gasteiger partial charge on any atom is 0.192 e. The predicted octanol–water partition coefficient (Wildman–Crippen LogP) is 5.53. The molecule has 0 fully saturated rings. The van der Waals surface area contributed by atoms with E-state index in [4.69, 9.17) is 9.16 Å². The minimum atomic E-state index is -1.74. The van der Waals surface area contributed by atoms with E-state index >= 15 is 0 Å². The lowest BCUT2D eigenvalue weighted by Crippen LogP contribution is -2.40. The number of benzene rings is 1. The number of hydrogen-bond acceptors (Lipinski definition) is 3. The second kappa shape index (κ2) is 8.50. The molecule has 0 unspecified atom stereocenters. The van der Waals surface area contributed by atoms with Gasteiger partial charge < -0.3 is 14.3 Å². The maximum absolute atomic E-state index is 10.3. The number of hydrogen-bond donors (Lipinski definition) is 1. The van der Waals surface area contributed by atoms with Crippen LogP contribution in [0.2, 0.25) is 18.1 Å². The van der Waals surface area contributed by atoms with Crippen LogP contribution in [-0.2, 0) is 11.0 Å². The van der Waals surface area contributed by atoms with E-state index in [1.165, 1.54) is 0 Å². The quantitative estimate of drug-likeness (QED) is 0.594. The molecule has 0 radical (unpaired) electrons. The second-order valence-electron chi connectivity index (χ2n) is 8.23. The smallest absolute Gasteiger partial charge is 0.192 e. The molecule has 1 N–H and O–H groups in total. The molecule has 0 aliphatic rings. The van der Waals surface area contributed by atoms with E-state index in [2.05, 4.69) is 39.9 Å². The summed E-state index contributed by atoms with van der Waals surface area (Å²) in [5.74, 6) is 0.848. The van der Waals surface area contributed by atoms with Crippen LogP contribution >= 0.6 is 0 Å². The lowest BCUT2D eigenvalue weighted by Gasteiger charge is -2.36. The van der Waals surface area contributed by atoms with Gasteiger partial charge in [0, 0.05) is 6.42 Å². The van der Waals surface area contributed by atoms with Gasteiger partial charge in [0.2, 0.25) is 0 Å². The SMILES string of the molecule is CCC(O)(CC)CCOc1cccc(CO[Si](C)(C)C(C)(C)C)c1. The fraction of sp³-hybridized carbons (Fsp3) is 0.700. The molecule has 0 spiro atoms. The fourth-order valence-corrected chi connectivity index (χ4v) is 3.13. The highest BCUT2D eigenvalue weighted by Crippen LogP contribution is 2.37. The van der Waals surface area contributed by atoms with Gasteiger partial charge in [-0.2, -0.15) is 0 Å². The first-order chi connectivity index (χ1) is 11.0. The Hall–Kier alpha value is -0.843. The van der Waals surface area contributed by atoms with Crippen molar-refractivity contribution in [1.29, 1.82) is 0 Å². The predicted molar refractivity (Wildman–Crippen MR) is 104 cm³/mol. The molecule has 1 rings (SSSR count). The van der Waals surface area contributed by atoms with Crippen molar-refractivity contribution in [3.05, 3.63) is 29.8 Å². The number of aliphatic hydroxyl groups is 1. The van der Waals surface area contributed by atoms with Gasteiger partial charge in [0.05, 0.1) is 18.8 Å². The van der Waals surface area contributed by atoms with Crippen LogP contribution in [0.1, 0.15) is 59.4 Å². The number of rotatable bonds is 9. The average Bonchev–Trinajstić information content (AvgIpc) is 2.52. The highest BCUT2D eigenvalue weighted by molar-refractivity contribution is 6.74. The van der Waals surface area contributed by atoms with Crippen LogP contribution in [0.25, 0.3) is 0 Å². The Morgan fingerprint density at radius 1 is 1.08 bits per heavy atom. The van der Waals surface area contributed by atoms with Gasteiger partial charge >= 0.3 is 0 Å². The van der Waals surface area contributed by atoms with Gasteiger partial charge in [0.1, 0.15) is 5.75 Å². The topological polar surface area (TPSA) is 38.7 Å². The molecule has 4 heteroatoms. The van der Waals surface area contributed by atoms with Crippen molar-refractivity contribution in [3.63, 3.8) is 0 Å². The third-order valence-electron chi connectivity index (χ3n) is 5.46. The van der Waals surface area contributed by atoms with E-state index in [1.54, 1.807) is 0 Å². The standard InChI is InChI=1S/C20H36O3Si/c1-8-20(21,9-2)13-14-22-18-12-10-11-17(15-18)16-23-24(6,7)19(3,4)5/h10-12,15,21H,8-9,13-14,16H2,1-7H3. The van der Waals surface area contributed by atoms with Gasteiger partial charge in [0.25, 0.3) is 0 Å². The van der Waals surface area contributed by atoms with E-state index < -0.39 is 13.9 Å². The molecule has 0 saturated heterocycles. The molecule has 3 nitrogen and oxygen atoms in total. The molecule has 0 aliphatic carbocycles. The normalized spacial score (nSPS) is 13.2. The molecule has 0 heterocycles. The van der Waals surface area contributed by atoms with Gasteiger partial charge in [-0.1, -0.05) is 46.8 Å². The van der Waals surface area contributed by atoms with Crippen molar-refractivity contribution in [2.75, 3.05) is 6.61 Å². The zero-order valence-electron chi connectivity index (χ0n) is 16.6. The minimum Gasteiger partial charge on any atom is -0.493 e. The average molecular weight is 353 g/mol. The molecule has 0 bridgehead atoms. The van der Waals surface area contributed by atoms with Crippen LogP contribution in [0.15, 0.2) is 24.3 Å². The molecule has 1 aromatic rings. The first-order valence-corrected chi connectivity index (χ1v) is 12.0. The minimum absolute atomic E-state index is 0.214. The summed E-state index contributed by atoms with van der Waals surface area (Å²) in [5.41, 5.74) is 0.529. The summed E-state index contributed by atoms with van der Waals surface area (Å²) in [4.78, 5) is 0. The Bertz CT molecular complexity index is 502. The molecule has 0 aromatic heterocycles. The van der Waals surface area contributed by atoms with Crippen molar-refractivity contribution in [2.45, 2.75) is 84.2 Å². The van der Waals surface area contributed by atoms with Crippen molar-refractivity contribution >= 4 is 8.32 Å². The third kappa shape index (κ3) is 6.23. The molecular weight excluding hydrogens is 316 g/mol. The zero-order chi connectivity index (χ0) is 18.4. The van der Waals surface area contributed by atoms with Crippen LogP contribution in [0.3, 0.4) is 0 Å². The summed E-state index contributed by atoms with van der Waals surface area (Å²) in [6.07, 6.45) is 2.17. The van der Waals surface area contributed by atoms with E-state index in [9.17, 15) is 5.11 Å². The van der Waals surface area contributed by atoms with E-state index in [1.807, 2.05) is 32.0 Å². The summed E-state index contributed by atoms with van der Waals surface area (Å²) in [7, 11) is -1.74. The van der Waals surface area contributed by atoms with Crippen LogP contribution in [0, 0.1) is 0 Å². The first-order valence-electron chi connectivity index (χ1n) is 9.11. The van der Waals surface area contributed by atoms with Crippen molar-refractivity contribution < 1.29 is 14.3 Å². The fourth-order valence-electron chi connectivity index (χ4n) is 2.17.